The molecule has 0 amide bonds. The average molecular weight is 302 g/mol. The lowest BCUT2D eigenvalue weighted by Crippen LogP contribution is -2.33. The van der Waals surface area contributed by atoms with E-state index in [0.29, 0.717) is 0 Å². The fourth-order valence-electron chi connectivity index (χ4n) is 1.95. The summed E-state index contributed by atoms with van der Waals surface area (Å²) >= 11 is 5.49. The van der Waals surface area contributed by atoms with E-state index in [4.69, 9.17) is 0 Å². The summed E-state index contributed by atoms with van der Waals surface area (Å²) in [4.78, 5) is 2.36. The van der Waals surface area contributed by atoms with Crippen LogP contribution in [0.5, 0.6) is 0 Å². The number of rotatable bonds is 2. The summed E-state index contributed by atoms with van der Waals surface area (Å²) in [6, 6.07) is 6.11. The quantitative estimate of drug-likeness (QED) is 0.908. The Balaban J connectivity index is 2.32. The van der Waals surface area contributed by atoms with E-state index in [1.54, 1.807) is 0 Å². The summed E-state index contributed by atoms with van der Waals surface area (Å²) in [6.45, 7) is 3.97. The number of thioether (sulfide) groups is 1. The highest BCUT2D eigenvalue weighted by atomic mass is 79.9. The van der Waals surface area contributed by atoms with Crippen molar-refractivity contribution in [2.45, 2.75) is 13.0 Å². The fourth-order valence-corrected chi connectivity index (χ4v) is 3.20. The van der Waals surface area contributed by atoms with Crippen LogP contribution in [-0.4, -0.2) is 29.7 Å². The molecule has 0 radical (unpaired) electrons. The van der Waals surface area contributed by atoms with Crippen LogP contribution in [0.1, 0.15) is 18.6 Å². The van der Waals surface area contributed by atoms with Gasteiger partial charge in [-0.05, 0) is 19.1 Å². The highest BCUT2D eigenvalue weighted by molar-refractivity contribution is 9.10. The molecular formula is C12H16BrNOS. The normalized spacial score (nSPS) is 18.6. The molecule has 4 heteroatoms. The molecule has 1 aromatic rings. The number of hydrogen-bond acceptors (Lipinski definition) is 3. The number of aliphatic hydroxyl groups is 1. The lowest BCUT2D eigenvalue weighted by molar-refractivity contribution is 0.199. The second kappa shape index (κ2) is 5.43. The number of aliphatic hydroxyl groups excluding tert-OH is 1. The highest BCUT2D eigenvalue weighted by Gasteiger charge is 2.17. The first-order chi connectivity index (χ1) is 7.68. The molecule has 0 spiro atoms. The van der Waals surface area contributed by atoms with Gasteiger partial charge in [0.15, 0.2) is 0 Å². The molecule has 1 saturated heterocycles. The van der Waals surface area contributed by atoms with E-state index in [2.05, 4.69) is 26.9 Å². The Morgan fingerprint density at radius 3 is 2.69 bits per heavy atom. The van der Waals surface area contributed by atoms with E-state index in [9.17, 15) is 5.11 Å². The molecule has 1 aromatic carbocycles. The smallest absolute Gasteiger partial charge is 0.0782 e. The third-order valence-electron chi connectivity index (χ3n) is 2.79. The van der Waals surface area contributed by atoms with Crippen molar-refractivity contribution >= 4 is 33.4 Å². The summed E-state index contributed by atoms with van der Waals surface area (Å²) in [5.74, 6) is 2.34. The van der Waals surface area contributed by atoms with Crippen LogP contribution >= 0.6 is 27.7 Å². The average Bonchev–Trinajstić information content (AvgIpc) is 2.29. The van der Waals surface area contributed by atoms with Crippen molar-refractivity contribution < 1.29 is 5.11 Å². The molecule has 0 aliphatic carbocycles. The van der Waals surface area contributed by atoms with Crippen molar-refractivity contribution in [3.8, 4) is 0 Å². The van der Waals surface area contributed by atoms with Gasteiger partial charge in [-0.15, -0.1) is 0 Å². The third kappa shape index (κ3) is 2.73. The van der Waals surface area contributed by atoms with E-state index in [-0.39, 0.29) is 0 Å². The minimum absolute atomic E-state index is 0.405. The van der Waals surface area contributed by atoms with Gasteiger partial charge in [-0.3, -0.25) is 0 Å². The van der Waals surface area contributed by atoms with Crippen molar-refractivity contribution in [2.75, 3.05) is 29.5 Å². The van der Waals surface area contributed by atoms with E-state index < -0.39 is 6.10 Å². The van der Waals surface area contributed by atoms with Crippen molar-refractivity contribution in [3.63, 3.8) is 0 Å². The molecule has 1 aliphatic heterocycles. The summed E-state index contributed by atoms with van der Waals surface area (Å²) in [7, 11) is 0. The predicted molar refractivity (Wildman–Crippen MR) is 74.3 cm³/mol. The molecule has 2 nitrogen and oxygen atoms in total. The number of nitrogens with zero attached hydrogens (tertiary/aromatic N) is 1. The maximum atomic E-state index is 9.78. The molecule has 1 unspecified atom stereocenters. The van der Waals surface area contributed by atoms with Gasteiger partial charge in [-0.25, -0.2) is 0 Å². The molecule has 16 heavy (non-hydrogen) atoms. The van der Waals surface area contributed by atoms with Crippen molar-refractivity contribution in [3.05, 3.63) is 28.2 Å². The third-order valence-corrected chi connectivity index (χ3v) is 4.23. The molecule has 1 N–H and O–H groups in total. The van der Waals surface area contributed by atoms with Gasteiger partial charge in [0, 0.05) is 40.3 Å². The second-order valence-electron chi connectivity index (χ2n) is 3.98. The molecule has 1 atom stereocenters. The number of anilines is 1. The first-order valence-corrected chi connectivity index (χ1v) is 7.43. The molecule has 0 bridgehead atoms. The van der Waals surface area contributed by atoms with Crippen molar-refractivity contribution in [1.29, 1.82) is 0 Å². The maximum absolute atomic E-state index is 9.78. The van der Waals surface area contributed by atoms with Gasteiger partial charge in [-0.2, -0.15) is 11.8 Å². The van der Waals surface area contributed by atoms with Gasteiger partial charge in [0.2, 0.25) is 0 Å². The summed E-state index contributed by atoms with van der Waals surface area (Å²) in [5.41, 5.74) is 2.19. The van der Waals surface area contributed by atoms with Crippen LogP contribution in [0.4, 0.5) is 5.69 Å². The van der Waals surface area contributed by atoms with E-state index in [1.165, 1.54) is 17.2 Å². The SMILES string of the molecule is CC(O)c1ccc(Br)cc1N1CCSCC1. The summed E-state index contributed by atoms with van der Waals surface area (Å²) in [5, 5.41) is 9.78. The maximum Gasteiger partial charge on any atom is 0.0782 e. The van der Waals surface area contributed by atoms with Crippen LogP contribution in [0.2, 0.25) is 0 Å². The minimum atomic E-state index is -0.405. The van der Waals surface area contributed by atoms with Crippen LogP contribution in [0, 0.1) is 0 Å². The molecule has 0 saturated carbocycles. The van der Waals surface area contributed by atoms with Gasteiger partial charge in [-0.1, -0.05) is 22.0 Å². The van der Waals surface area contributed by atoms with E-state index in [0.717, 1.165) is 23.1 Å². The predicted octanol–water partition coefficient (Wildman–Crippen LogP) is 3.06. The van der Waals surface area contributed by atoms with E-state index >= 15 is 0 Å². The van der Waals surface area contributed by atoms with Crippen LogP contribution < -0.4 is 4.90 Å². The fraction of sp³-hybridized carbons (Fsp3) is 0.500. The molecular weight excluding hydrogens is 286 g/mol. The zero-order valence-corrected chi connectivity index (χ0v) is 11.7. The Labute approximate surface area is 109 Å². The van der Waals surface area contributed by atoms with Crippen LogP contribution in [0.25, 0.3) is 0 Å². The van der Waals surface area contributed by atoms with Gasteiger partial charge in [0.05, 0.1) is 6.10 Å². The molecule has 1 aliphatic rings. The second-order valence-corrected chi connectivity index (χ2v) is 6.12. The van der Waals surface area contributed by atoms with Gasteiger partial charge < -0.3 is 10.0 Å². The Kier molecular flexibility index (Phi) is 4.16. The van der Waals surface area contributed by atoms with Crippen LogP contribution in [-0.2, 0) is 0 Å². The molecule has 1 fully saturated rings. The van der Waals surface area contributed by atoms with Gasteiger partial charge >= 0.3 is 0 Å². The number of hydrogen-bond donors (Lipinski definition) is 1. The molecule has 1 heterocycles. The molecule has 0 aromatic heterocycles. The Morgan fingerprint density at radius 1 is 1.38 bits per heavy atom. The highest BCUT2D eigenvalue weighted by Crippen LogP contribution is 2.31. The zero-order chi connectivity index (χ0) is 11.5. The lowest BCUT2D eigenvalue weighted by Gasteiger charge is -2.31. The molecule has 88 valence electrons. The topological polar surface area (TPSA) is 23.5 Å². The van der Waals surface area contributed by atoms with Gasteiger partial charge in [0.1, 0.15) is 0 Å². The Morgan fingerprint density at radius 2 is 2.06 bits per heavy atom. The minimum Gasteiger partial charge on any atom is -0.389 e. The Bertz CT molecular complexity index is 364. The zero-order valence-electron chi connectivity index (χ0n) is 9.32. The van der Waals surface area contributed by atoms with Crippen molar-refractivity contribution in [1.82, 2.24) is 0 Å². The van der Waals surface area contributed by atoms with Crippen molar-refractivity contribution in [2.24, 2.45) is 0 Å². The first kappa shape index (κ1) is 12.3. The summed E-state index contributed by atoms with van der Waals surface area (Å²) < 4.78 is 1.07. The molecule has 2 rings (SSSR count). The largest absolute Gasteiger partial charge is 0.389 e. The van der Waals surface area contributed by atoms with E-state index in [1.807, 2.05) is 30.8 Å². The van der Waals surface area contributed by atoms with Crippen LogP contribution in [0.3, 0.4) is 0 Å². The van der Waals surface area contributed by atoms with Crippen LogP contribution in [0.15, 0.2) is 22.7 Å². The number of benzene rings is 1. The monoisotopic (exact) mass is 301 g/mol. The Hall–Kier alpha value is -0.190. The van der Waals surface area contributed by atoms with Gasteiger partial charge in [0.25, 0.3) is 0 Å². The number of halogens is 1. The first-order valence-electron chi connectivity index (χ1n) is 5.48. The lowest BCUT2D eigenvalue weighted by atomic mass is 10.1. The summed E-state index contributed by atoms with van der Waals surface area (Å²) in [6.07, 6.45) is -0.405. The standard InChI is InChI=1S/C12H16BrNOS/c1-9(15)11-3-2-10(13)8-12(11)14-4-6-16-7-5-14/h2-3,8-9,15H,4-7H2,1H3.